The molecule has 1 N–H and O–H groups in total. The van der Waals surface area contributed by atoms with Gasteiger partial charge >= 0.3 is 0 Å². The van der Waals surface area contributed by atoms with Crippen LogP contribution in [0.4, 0.5) is 5.69 Å². The van der Waals surface area contributed by atoms with Crippen molar-refractivity contribution >= 4 is 16.7 Å². The Morgan fingerprint density at radius 2 is 2.26 bits per heavy atom. The molecule has 2 aromatic rings. The van der Waals surface area contributed by atoms with Gasteiger partial charge in [-0.05, 0) is 25.0 Å². The highest BCUT2D eigenvalue weighted by molar-refractivity contribution is 5.88. The van der Waals surface area contributed by atoms with Crippen LogP contribution in [0.3, 0.4) is 0 Å². The summed E-state index contributed by atoms with van der Waals surface area (Å²) in [6.45, 7) is 3.43. The molecule has 0 aliphatic carbocycles. The Morgan fingerprint density at radius 1 is 1.48 bits per heavy atom. The molecule has 0 amide bonds. The Hall–Kier alpha value is -2.39. The smallest absolute Gasteiger partial charge is 0.252 e. The minimum Gasteiger partial charge on any atom is -0.393 e. The molecule has 2 atom stereocenters. The van der Waals surface area contributed by atoms with Gasteiger partial charge in [0.2, 0.25) is 0 Å². The fourth-order valence-corrected chi connectivity index (χ4v) is 3.25. The van der Waals surface area contributed by atoms with Crippen LogP contribution >= 0.6 is 0 Å². The summed E-state index contributed by atoms with van der Waals surface area (Å²) in [5, 5.41) is 19.2. The van der Waals surface area contributed by atoms with E-state index in [0.29, 0.717) is 36.2 Å². The molecular weight excluding hydrogens is 292 g/mol. The summed E-state index contributed by atoms with van der Waals surface area (Å²) in [7, 11) is 1.71. The molecule has 23 heavy (non-hydrogen) atoms. The highest BCUT2D eigenvalue weighted by atomic mass is 16.3. The molecular formula is C17H20N4O2. The number of nitrogens with zero attached hydrogens (tertiary/aromatic N) is 4. The third kappa shape index (κ3) is 2.68. The lowest BCUT2D eigenvalue weighted by molar-refractivity contribution is 0.0861. The molecule has 2 aromatic heterocycles. The number of piperidine rings is 1. The molecule has 6 heteroatoms. The van der Waals surface area contributed by atoms with E-state index in [4.69, 9.17) is 5.26 Å². The van der Waals surface area contributed by atoms with Gasteiger partial charge in [-0.15, -0.1) is 0 Å². The van der Waals surface area contributed by atoms with Crippen molar-refractivity contribution in [2.75, 3.05) is 18.0 Å². The number of fused-ring (bicyclic) bond motifs is 1. The number of rotatable bonds is 2. The summed E-state index contributed by atoms with van der Waals surface area (Å²) in [6.07, 6.45) is 1.27. The molecule has 0 unspecified atom stereocenters. The standard InChI is InChI=1S/C17H20N4O2/c1-3-11-10-21(7-6-15(11)22)14-8-16(23)20(2)13-5-4-12(9-18)19-17(13)14/h4-5,8,11,15,22H,3,6-7,10H2,1-2H3/t11-,15-/m1/s1. The summed E-state index contributed by atoms with van der Waals surface area (Å²) >= 11 is 0. The Labute approximate surface area is 134 Å². The normalized spacial score (nSPS) is 21.4. The van der Waals surface area contributed by atoms with Gasteiger partial charge in [0.05, 0.1) is 17.3 Å². The first-order chi connectivity index (χ1) is 11.0. The maximum absolute atomic E-state index is 12.3. The van der Waals surface area contributed by atoms with Crippen LogP contribution in [0, 0.1) is 17.2 Å². The van der Waals surface area contributed by atoms with Crippen LogP contribution in [0.25, 0.3) is 11.0 Å². The molecule has 0 saturated carbocycles. The summed E-state index contributed by atoms with van der Waals surface area (Å²) in [6, 6.07) is 7.03. The maximum atomic E-state index is 12.3. The quantitative estimate of drug-likeness (QED) is 0.906. The zero-order chi connectivity index (χ0) is 16.6. The fourth-order valence-electron chi connectivity index (χ4n) is 3.25. The van der Waals surface area contributed by atoms with Crippen molar-refractivity contribution in [1.29, 1.82) is 5.26 Å². The molecule has 1 aliphatic heterocycles. The zero-order valence-corrected chi connectivity index (χ0v) is 13.4. The Kier molecular flexibility index (Phi) is 4.05. The van der Waals surface area contributed by atoms with Gasteiger partial charge in [0.25, 0.3) is 5.56 Å². The third-order valence-corrected chi connectivity index (χ3v) is 4.74. The number of aryl methyl sites for hydroxylation is 1. The van der Waals surface area contributed by atoms with Crippen LogP contribution in [0.15, 0.2) is 23.0 Å². The number of aliphatic hydroxyl groups is 1. The van der Waals surface area contributed by atoms with Crippen LogP contribution < -0.4 is 10.5 Å². The molecule has 120 valence electrons. The van der Waals surface area contributed by atoms with Gasteiger partial charge in [-0.3, -0.25) is 4.79 Å². The lowest BCUT2D eigenvalue weighted by Crippen LogP contribution is -2.43. The van der Waals surface area contributed by atoms with Crippen LogP contribution in [0.2, 0.25) is 0 Å². The van der Waals surface area contributed by atoms with Gasteiger partial charge in [0.15, 0.2) is 0 Å². The predicted molar refractivity (Wildman–Crippen MR) is 88.3 cm³/mol. The lowest BCUT2D eigenvalue weighted by Gasteiger charge is -2.37. The average molecular weight is 312 g/mol. The second-order valence-electron chi connectivity index (χ2n) is 6.07. The second-order valence-corrected chi connectivity index (χ2v) is 6.07. The number of aliphatic hydroxyl groups excluding tert-OH is 1. The van der Waals surface area contributed by atoms with E-state index in [2.05, 4.69) is 22.9 Å². The highest BCUT2D eigenvalue weighted by Crippen LogP contribution is 2.29. The van der Waals surface area contributed by atoms with Crippen molar-refractivity contribution in [2.45, 2.75) is 25.9 Å². The van der Waals surface area contributed by atoms with Gasteiger partial charge < -0.3 is 14.6 Å². The van der Waals surface area contributed by atoms with E-state index in [1.165, 1.54) is 0 Å². The van der Waals surface area contributed by atoms with E-state index >= 15 is 0 Å². The van der Waals surface area contributed by atoms with E-state index in [1.807, 2.05) is 0 Å². The van der Waals surface area contributed by atoms with E-state index in [9.17, 15) is 9.90 Å². The van der Waals surface area contributed by atoms with Crippen molar-refractivity contribution < 1.29 is 5.11 Å². The molecule has 1 aliphatic rings. The van der Waals surface area contributed by atoms with Crippen molar-refractivity contribution in [1.82, 2.24) is 9.55 Å². The third-order valence-electron chi connectivity index (χ3n) is 4.74. The molecule has 0 spiro atoms. The molecule has 1 saturated heterocycles. The number of nitriles is 1. The Balaban J connectivity index is 2.15. The largest absolute Gasteiger partial charge is 0.393 e. The molecule has 0 aromatic carbocycles. The van der Waals surface area contributed by atoms with Crippen molar-refractivity contribution in [3.63, 3.8) is 0 Å². The highest BCUT2D eigenvalue weighted by Gasteiger charge is 2.28. The second kappa shape index (κ2) is 6.01. The van der Waals surface area contributed by atoms with Gasteiger partial charge in [0.1, 0.15) is 17.3 Å². The first-order valence-corrected chi connectivity index (χ1v) is 7.89. The predicted octanol–water partition coefficient (Wildman–Crippen LogP) is 1.40. The first-order valence-electron chi connectivity index (χ1n) is 7.89. The number of pyridine rings is 2. The Morgan fingerprint density at radius 3 is 2.96 bits per heavy atom. The summed E-state index contributed by atoms with van der Waals surface area (Å²) in [5.41, 5.74) is 2.37. The van der Waals surface area contributed by atoms with E-state index in [-0.39, 0.29) is 17.6 Å². The summed E-state index contributed by atoms with van der Waals surface area (Å²) in [5.74, 6) is 0.182. The molecule has 0 bridgehead atoms. The number of hydrogen-bond donors (Lipinski definition) is 1. The van der Waals surface area contributed by atoms with Gasteiger partial charge in [-0.2, -0.15) is 5.26 Å². The topological polar surface area (TPSA) is 82.2 Å². The summed E-state index contributed by atoms with van der Waals surface area (Å²) in [4.78, 5) is 18.8. The first kappa shape index (κ1) is 15.5. The van der Waals surface area contributed by atoms with Gasteiger partial charge in [-0.1, -0.05) is 6.92 Å². The maximum Gasteiger partial charge on any atom is 0.252 e. The SMILES string of the molecule is CC[C@@H]1CN(c2cc(=O)n(C)c3ccc(C#N)nc23)CC[C@H]1O. The van der Waals surface area contributed by atoms with Crippen LogP contribution in [0.1, 0.15) is 25.5 Å². The monoisotopic (exact) mass is 312 g/mol. The van der Waals surface area contributed by atoms with E-state index < -0.39 is 0 Å². The lowest BCUT2D eigenvalue weighted by atomic mass is 9.92. The average Bonchev–Trinajstić information content (AvgIpc) is 2.58. The van der Waals surface area contributed by atoms with Crippen LogP contribution in [-0.4, -0.2) is 33.9 Å². The molecule has 3 heterocycles. The van der Waals surface area contributed by atoms with Crippen LogP contribution in [-0.2, 0) is 7.05 Å². The van der Waals surface area contributed by atoms with Crippen molar-refractivity contribution in [3.05, 3.63) is 34.2 Å². The van der Waals surface area contributed by atoms with Crippen molar-refractivity contribution in [3.8, 4) is 6.07 Å². The van der Waals surface area contributed by atoms with E-state index in [1.54, 1.807) is 29.8 Å². The number of hydrogen-bond acceptors (Lipinski definition) is 5. The molecule has 3 rings (SSSR count). The molecule has 0 radical (unpaired) electrons. The zero-order valence-electron chi connectivity index (χ0n) is 13.4. The summed E-state index contributed by atoms with van der Waals surface area (Å²) < 4.78 is 1.54. The minimum atomic E-state index is -0.295. The molecule has 1 fully saturated rings. The van der Waals surface area contributed by atoms with Gasteiger partial charge in [0, 0.05) is 32.1 Å². The Bertz CT molecular complexity index is 837. The van der Waals surface area contributed by atoms with E-state index in [0.717, 1.165) is 12.1 Å². The number of anilines is 1. The molecule has 6 nitrogen and oxygen atoms in total. The number of aromatic nitrogens is 2. The minimum absolute atomic E-state index is 0.0989. The van der Waals surface area contributed by atoms with Gasteiger partial charge in [-0.25, -0.2) is 4.98 Å². The fraction of sp³-hybridized carbons (Fsp3) is 0.471. The van der Waals surface area contributed by atoms with Crippen molar-refractivity contribution in [2.24, 2.45) is 13.0 Å². The van der Waals surface area contributed by atoms with Crippen LogP contribution in [0.5, 0.6) is 0 Å².